The molecule has 1 atom stereocenters. The third-order valence-electron chi connectivity index (χ3n) is 8.41. The van der Waals surface area contributed by atoms with Crippen LogP contribution in [-0.2, 0) is 10.3 Å². The number of aryl methyl sites for hydroxylation is 3. The number of hydrogen-bond acceptors (Lipinski definition) is 6. The maximum atomic E-state index is 13.4. The number of hydrazine groups is 1. The van der Waals surface area contributed by atoms with E-state index in [0.717, 1.165) is 51.5 Å². The second-order valence-electron chi connectivity index (χ2n) is 11.3. The summed E-state index contributed by atoms with van der Waals surface area (Å²) in [7, 11) is 0. The van der Waals surface area contributed by atoms with Gasteiger partial charge in [-0.05, 0) is 87.9 Å². The van der Waals surface area contributed by atoms with E-state index < -0.39 is 5.60 Å². The Balaban J connectivity index is 1.36. The van der Waals surface area contributed by atoms with Crippen LogP contribution >= 0.6 is 0 Å². The molecule has 7 rings (SSSR count). The van der Waals surface area contributed by atoms with Crippen molar-refractivity contribution < 1.29 is 14.3 Å². The molecule has 6 nitrogen and oxygen atoms in total. The van der Waals surface area contributed by atoms with Crippen molar-refractivity contribution in [3.63, 3.8) is 0 Å². The Morgan fingerprint density at radius 1 is 0.698 bits per heavy atom. The summed E-state index contributed by atoms with van der Waals surface area (Å²) >= 11 is 0. The topological polar surface area (TPSA) is 62.8 Å². The summed E-state index contributed by atoms with van der Waals surface area (Å²) in [5.41, 5.74) is 15.8. The first-order chi connectivity index (χ1) is 20.9. The van der Waals surface area contributed by atoms with E-state index >= 15 is 0 Å². The normalized spacial score (nSPS) is 16.0. The largest absolute Gasteiger partial charge is 0.456 e. The van der Waals surface area contributed by atoms with Crippen molar-refractivity contribution in [3.8, 4) is 11.5 Å². The zero-order valence-corrected chi connectivity index (χ0v) is 24.7. The number of fused-ring (bicyclic) bond motifs is 6. The quantitative estimate of drug-likeness (QED) is 0.158. The van der Waals surface area contributed by atoms with E-state index in [1.54, 1.807) is 0 Å². The molecule has 0 bridgehead atoms. The summed E-state index contributed by atoms with van der Waals surface area (Å²) in [6.45, 7) is 9.10. The van der Waals surface area contributed by atoms with Gasteiger partial charge in [-0.2, -0.15) is 0 Å². The minimum atomic E-state index is -1.15. The smallest absolute Gasteiger partial charge is 0.340 e. The molecule has 5 aromatic carbocycles. The molecule has 2 N–H and O–H groups in total. The van der Waals surface area contributed by atoms with Gasteiger partial charge >= 0.3 is 5.97 Å². The Hall–Kier alpha value is -5.23. The fourth-order valence-electron chi connectivity index (χ4n) is 6.13. The lowest BCUT2D eigenvalue weighted by molar-refractivity contribution is 0.0224. The minimum Gasteiger partial charge on any atom is -0.456 e. The van der Waals surface area contributed by atoms with Gasteiger partial charge in [0.25, 0.3) is 0 Å². The number of carbonyl (C=O) groups is 1. The molecule has 0 saturated heterocycles. The van der Waals surface area contributed by atoms with Crippen LogP contribution in [0.3, 0.4) is 0 Å². The van der Waals surface area contributed by atoms with E-state index in [4.69, 9.17) is 9.47 Å². The first kappa shape index (κ1) is 26.7. The summed E-state index contributed by atoms with van der Waals surface area (Å²) in [6, 6.07) is 34.5. The van der Waals surface area contributed by atoms with Gasteiger partial charge in [0.05, 0.1) is 16.9 Å². The zero-order valence-electron chi connectivity index (χ0n) is 24.7. The van der Waals surface area contributed by atoms with Crippen molar-refractivity contribution in [2.24, 2.45) is 0 Å². The zero-order chi connectivity index (χ0) is 29.7. The predicted octanol–water partition coefficient (Wildman–Crippen LogP) is 8.78. The predicted molar refractivity (Wildman–Crippen MR) is 172 cm³/mol. The highest BCUT2D eigenvalue weighted by atomic mass is 16.6. The van der Waals surface area contributed by atoms with Gasteiger partial charge in [0, 0.05) is 40.7 Å². The highest BCUT2D eigenvalue weighted by molar-refractivity contribution is 5.97. The Bertz CT molecular complexity index is 1860. The van der Waals surface area contributed by atoms with Crippen molar-refractivity contribution >= 4 is 28.7 Å². The Kier molecular flexibility index (Phi) is 6.35. The Morgan fingerprint density at radius 2 is 1.37 bits per heavy atom. The van der Waals surface area contributed by atoms with Gasteiger partial charge < -0.3 is 25.2 Å². The van der Waals surface area contributed by atoms with Crippen LogP contribution in [-0.4, -0.2) is 12.5 Å². The molecule has 0 aliphatic carbocycles. The van der Waals surface area contributed by atoms with Crippen molar-refractivity contribution in [1.29, 1.82) is 0 Å². The molecule has 2 heterocycles. The Labute approximate surface area is 251 Å². The first-order valence-electron chi connectivity index (χ1n) is 14.6. The van der Waals surface area contributed by atoms with Crippen LogP contribution < -0.4 is 20.5 Å². The molecule has 5 aromatic rings. The molecule has 6 heteroatoms. The molecule has 43 heavy (non-hydrogen) atoms. The molecule has 0 radical (unpaired) electrons. The number of esters is 1. The summed E-state index contributed by atoms with van der Waals surface area (Å²) in [5.74, 6) is 0.977. The molecule has 0 fully saturated rings. The van der Waals surface area contributed by atoms with E-state index in [9.17, 15) is 4.79 Å². The summed E-state index contributed by atoms with van der Waals surface area (Å²) in [4.78, 5) is 15.6. The molecule has 0 amide bonds. The van der Waals surface area contributed by atoms with E-state index in [1.807, 2.05) is 61.5 Å². The maximum Gasteiger partial charge on any atom is 0.340 e. The molecular formula is C37H33N3O3. The van der Waals surface area contributed by atoms with E-state index in [2.05, 4.69) is 85.1 Å². The molecule has 2 aliphatic rings. The standard InChI is InChI=1S/C37H33N3O3/c1-5-40(27-16-12-24(3)13-17-27)28-18-19-31-35(21-28)42-34-20-25(4)33(39-38-26-14-10-23(2)11-15-26)22-32(34)37(31)30-9-7-6-8-29(30)36(41)43-37/h6-22,38-39H,5H2,1-4H3. The van der Waals surface area contributed by atoms with E-state index in [1.165, 1.54) is 11.1 Å². The summed E-state index contributed by atoms with van der Waals surface area (Å²) in [6.07, 6.45) is 0. The molecular weight excluding hydrogens is 534 g/mol. The van der Waals surface area contributed by atoms with Gasteiger partial charge in [0.1, 0.15) is 11.5 Å². The average Bonchev–Trinajstić information content (AvgIpc) is 3.31. The van der Waals surface area contributed by atoms with Crippen LogP contribution in [0, 0.1) is 20.8 Å². The Morgan fingerprint density at radius 3 is 2.12 bits per heavy atom. The van der Waals surface area contributed by atoms with Crippen molar-refractivity contribution in [3.05, 3.63) is 142 Å². The maximum absolute atomic E-state index is 13.4. The monoisotopic (exact) mass is 567 g/mol. The van der Waals surface area contributed by atoms with Gasteiger partial charge in [0.15, 0.2) is 5.60 Å². The number of rotatable bonds is 6. The molecule has 1 spiro atoms. The molecule has 2 aliphatic heterocycles. The van der Waals surface area contributed by atoms with Crippen molar-refractivity contribution in [1.82, 2.24) is 0 Å². The van der Waals surface area contributed by atoms with Crippen LogP contribution in [0.5, 0.6) is 11.5 Å². The number of benzene rings is 5. The average molecular weight is 568 g/mol. The number of ether oxygens (including phenoxy) is 2. The fourth-order valence-corrected chi connectivity index (χ4v) is 6.13. The van der Waals surface area contributed by atoms with Gasteiger partial charge in [0.2, 0.25) is 0 Å². The van der Waals surface area contributed by atoms with Crippen molar-refractivity contribution in [2.75, 3.05) is 22.3 Å². The second-order valence-corrected chi connectivity index (χ2v) is 11.3. The van der Waals surface area contributed by atoms with Gasteiger partial charge in [-0.3, -0.25) is 0 Å². The second kappa shape index (κ2) is 10.2. The summed E-state index contributed by atoms with van der Waals surface area (Å²) < 4.78 is 13.1. The number of nitrogens with zero attached hydrogens (tertiary/aromatic N) is 1. The molecule has 0 aromatic heterocycles. The number of hydrogen-bond donors (Lipinski definition) is 2. The fraction of sp³-hybridized carbons (Fsp3) is 0.162. The summed E-state index contributed by atoms with van der Waals surface area (Å²) in [5, 5.41) is 0. The molecule has 0 saturated carbocycles. The molecule has 214 valence electrons. The highest BCUT2D eigenvalue weighted by Crippen LogP contribution is 2.57. The van der Waals surface area contributed by atoms with Crippen LogP contribution in [0.15, 0.2) is 103 Å². The van der Waals surface area contributed by atoms with Gasteiger partial charge in [-0.15, -0.1) is 0 Å². The lowest BCUT2D eigenvalue weighted by Gasteiger charge is -2.38. The van der Waals surface area contributed by atoms with Crippen LogP contribution in [0.4, 0.5) is 22.7 Å². The van der Waals surface area contributed by atoms with Crippen LogP contribution in [0.25, 0.3) is 0 Å². The lowest BCUT2D eigenvalue weighted by atomic mass is 9.77. The van der Waals surface area contributed by atoms with Crippen molar-refractivity contribution in [2.45, 2.75) is 33.3 Å². The van der Waals surface area contributed by atoms with Gasteiger partial charge in [-0.1, -0.05) is 53.6 Å². The third kappa shape index (κ3) is 4.38. The van der Waals surface area contributed by atoms with E-state index in [-0.39, 0.29) is 5.97 Å². The lowest BCUT2D eigenvalue weighted by Crippen LogP contribution is -2.33. The number of nitrogens with one attached hydrogen (secondary N) is 2. The van der Waals surface area contributed by atoms with Crippen LogP contribution in [0.1, 0.15) is 50.7 Å². The number of carbonyl (C=O) groups excluding carboxylic acids is 1. The van der Waals surface area contributed by atoms with E-state index in [0.29, 0.717) is 17.1 Å². The minimum absolute atomic E-state index is 0.346. The number of anilines is 4. The SMILES string of the molecule is CCN(c1ccc(C)cc1)c1ccc2c(c1)Oc1cc(C)c(NNc3ccc(C)cc3)cc1C21OC(=O)c2ccccc21. The van der Waals surface area contributed by atoms with Gasteiger partial charge in [-0.25, -0.2) is 4.79 Å². The third-order valence-corrected chi connectivity index (χ3v) is 8.41. The van der Waals surface area contributed by atoms with Crippen LogP contribution in [0.2, 0.25) is 0 Å². The molecule has 1 unspecified atom stereocenters. The first-order valence-corrected chi connectivity index (χ1v) is 14.6. The highest BCUT2D eigenvalue weighted by Gasteiger charge is 2.53.